The Morgan fingerprint density at radius 2 is 2.18 bits per heavy atom. The van der Waals surface area contributed by atoms with Crippen molar-refractivity contribution in [1.82, 2.24) is 15.1 Å². The summed E-state index contributed by atoms with van der Waals surface area (Å²) in [5.41, 5.74) is 5.03. The highest BCUT2D eigenvalue weighted by Crippen LogP contribution is 2.54. The molecule has 3 N–H and O–H groups in total. The van der Waals surface area contributed by atoms with Gasteiger partial charge < -0.3 is 11.1 Å². The third kappa shape index (κ3) is 2.81. The van der Waals surface area contributed by atoms with Crippen LogP contribution in [0.5, 0.6) is 0 Å². The van der Waals surface area contributed by atoms with Crippen LogP contribution in [-0.2, 0) is 17.5 Å². The van der Waals surface area contributed by atoms with Crippen LogP contribution in [0.25, 0.3) is 0 Å². The minimum atomic E-state index is -4.49. The summed E-state index contributed by atoms with van der Waals surface area (Å²) in [5.74, 6) is -0.324. The van der Waals surface area contributed by atoms with Crippen LogP contribution in [0.2, 0.25) is 0 Å². The molecule has 1 heterocycles. The predicted molar refractivity (Wildman–Crippen MR) is 75.3 cm³/mol. The molecule has 3 rings (SSSR count). The maximum Gasteiger partial charge on any atom is 0.435 e. The molecule has 0 aromatic carbocycles. The first-order chi connectivity index (χ1) is 9.81. The van der Waals surface area contributed by atoms with Crippen LogP contribution >= 0.6 is 12.4 Å². The summed E-state index contributed by atoms with van der Waals surface area (Å²) in [6.07, 6.45) is 0.553. The van der Waals surface area contributed by atoms with Crippen molar-refractivity contribution in [3.05, 3.63) is 18.0 Å². The van der Waals surface area contributed by atoms with Crippen molar-refractivity contribution in [3.8, 4) is 0 Å². The molecule has 2 aliphatic rings. The molecule has 2 saturated carbocycles. The number of halogens is 4. The van der Waals surface area contributed by atoms with E-state index in [4.69, 9.17) is 5.73 Å². The molecule has 2 atom stereocenters. The SMILES string of the molecule is Cl.NC1CC(NC(=O)Cn2ccc(C(F)(F)F)n2)C12CCC2. The number of carbonyl (C=O) groups is 1. The minimum Gasteiger partial charge on any atom is -0.351 e. The first kappa shape index (κ1) is 17.1. The molecule has 9 heteroatoms. The molecule has 124 valence electrons. The van der Waals surface area contributed by atoms with E-state index >= 15 is 0 Å². The maximum atomic E-state index is 12.4. The van der Waals surface area contributed by atoms with Gasteiger partial charge in [-0.3, -0.25) is 9.48 Å². The van der Waals surface area contributed by atoms with E-state index in [0.29, 0.717) is 0 Å². The highest BCUT2D eigenvalue weighted by atomic mass is 35.5. The molecule has 1 aromatic rings. The maximum absolute atomic E-state index is 12.4. The van der Waals surface area contributed by atoms with Crippen LogP contribution in [0, 0.1) is 5.41 Å². The Morgan fingerprint density at radius 3 is 2.64 bits per heavy atom. The summed E-state index contributed by atoms with van der Waals surface area (Å²) in [5, 5.41) is 6.24. The van der Waals surface area contributed by atoms with Crippen LogP contribution in [0.1, 0.15) is 31.4 Å². The second-order valence-electron chi connectivity index (χ2n) is 5.95. The van der Waals surface area contributed by atoms with Gasteiger partial charge in [0, 0.05) is 23.7 Å². The molecular weight excluding hydrogens is 321 g/mol. The third-order valence-electron chi connectivity index (χ3n) is 4.78. The zero-order chi connectivity index (χ0) is 15.3. The zero-order valence-electron chi connectivity index (χ0n) is 11.8. The van der Waals surface area contributed by atoms with Crippen LogP contribution in [0.3, 0.4) is 0 Å². The topological polar surface area (TPSA) is 72.9 Å². The van der Waals surface area contributed by atoms with Crippen molar-refractivity contribution in [2.45, 2.75) is 50.5 Å². The normalized spacial score (nSPS) is 25.8. The van der Waals surface area contributed by atoms with Crippen molar-refractivity contribution in [2.75, 3.05) is 0 Å². The molecule has 1 aromatic heterocycles. The van der Waals surface area contributed by atoms with Gasteiger partial charge in [0.2, 0.25) is 5.91 Å². The lowest BCUT2D eigenvalue weighted by Gasteiger charge is -2.60. The third-order valence-corrected chi connectivity index (χ3v) is 4.78. The summed E-state index contributed by atoms with van der Waals surface area (Å²) in [7, 11) is 0. The Balaban J connectivity index is 0.00000176. The summed E-state index contributed by atoms with van der Waals surface area (Å²) in [6, 6.07) is 1.03. The summed E-state index contributed by atoms with van der Waals surface area (Å²) in [4.78, 5) is 11.9. The lowest BCUT2D eigenvalue weighted by molar-refractivity contribution is -0.142. The fraction of sp³-hybridized carbons (Fsp3) is 0.692. The van der Waals surface area contributed by atoms with Gasteiger partial charge in [0.05, 0.1) is 0 Å². The first-order valence-corrected chi connectivity index (χ1v) is 6.97. The van der Waals surface area contributed by atoms with Crippen LogP contribution in [0.4, 0.5) is 13.2 Å². The number of nitrogens with zero attached hydrogens (tertiary/aromatic N) is 2. The fourth-order valence-electron chi connectivity index (χ4n) is 3.32. The number of carbonyl (C=O) groups excluding carboxylic acids is 1. The predicted octanol–water partition coefficient (Wildman–Crippen LogP) is 1.71. The number of nitrogens with two attached hydrogens (primary N) is 1. The average molecular weight is 339 g/mol. The van der Waals surface area contributed by atoms with Gasteiger partial charge in [-0.25, -0.2) is 0 Å². The quantitative estimate of drug-likeness (QED) is 0.881. The van der Waals surface area contributed by atoms with Crippen molar-refractivity contribution in [1.29, 1.82) is 0 Å². The molecule has 1 amide bonds. The highest BCUT2D eigenvalue weighted by Gasteiger charge is 2.57. The lowest BCUT2D eigenvalue weighted by Crippen LogP contribution is -2.70. The molecule has 0 aliphatic heterocycles. The number of nitrogens with one attached hydrogen (secondary N) is 1. The molecule has 2 aliphatic carbocycles. The number of hydrogen-bond acceptors (Lipinski definition) is 3. The van der Waals surface area contributed by atoms with Crippen molar-refractivity contribution >= 4 is 18.3 Å². The van der Waals surface area contributed by atoms with E-state index in [2.05, 4.69) is 10.4 Å². The van der Waals surface area contributed by atoms with Gasteiger partial charge in [-0.1, -0.05) is 6.42 Å². The molecule has 2 unspecified atom stereocenters. The van der Waals surface area contributed by atoms with Crippen molar-refractivity contribution in [2.24, 2.45) is 11.1 Å². The molecular formula is C13H18ClF3N4O. The van der Waals surface area contributed by atoms with Gasteiger partial charge in [0.1, 0.15) is 6.54 Å². The molecule has 5 nitrogen and oxygen atoms in total. The number of aromatic nitrogens is 2. The number of alkyl halides is 3. The smallest absolute Gasteiger partial charge is 0.351 e. The molecule has 2 fully saturated rings. The molecule has 1 spiro atoms. The van der Waals surface area contributed by atoms with Crippen LogP contribution in [-0.4, -0.2) is 27.8 Å². The number of hydrogen-bond donors (Lipinski definition) is 2. The monoisotopic (exact) mass is 338 g/mol. The second kappa shape index (κ2) is 5.73. The Bertz CT molecular complexity index is 556. The fourth-order valence-corrected chi connectivity index (χ4v) is 3.32. The van der Waals surface area contributed by atoms with E-state index in [-0.39, 0.29) is 42.4 Å². The highest BCUT2D eigenvalue weighted by molar-refractivity contribution is 5.85. The van der Waals surface area contributed by atoms with E-state index in [1.165, 1.54) is 0 Å². The van der Waals surface area contributed by atoms with Gasteiger partial charge >= 0.3 is 6.18 Å². The van der Waals surface area contributed by atoms with E-state index in [1.807, 2.05) is 0 Å². The Hall–Kier alpha value is -1.28. The van der Waals surface area contributed by atoms with Crippen molar-refractivity contribution in [3.63, 3.8) is 0 Å². The van der Waals surface area contributed by atoms with Gasteiger partial charge in [-0.15, -0.1) is 12.4 Å². The van der Waals surface area contributed by atoms with Gasteiger partial charge in [-0.05, 0) is 25.3 Å². The molecule has 0 saturated heterocycles. The van der Waals surface area contributed by atoms with E-state index in [1.54, 1.807) is 0 Å². The summed E-state index contributed by atoms with van der Waals surface area (Å²) < 4.78 is 38.3. The lowest BCUT2D eigenvalue weighted by atomic mass is 9.50. The van der Waals surface area contributed by atoms with E-state index < -0.39 is 11.9 Å². The Morgan fingerprint density at radius 1 is 1.50 bits per heavy atom. The minimum absolute atomic E-state index is 0. The van der Waals surface area contributed by atoms with Crippen LogP contribution in [0.15, 0.2) is 12.3 Å². The van der Waals surface area contributed by atoms with Crippen molar-refractivity contribution < 1.29 is 18.0 Å². The summed E-state index contributed by atoms with van der Waals surface area (Å²) in [6.45, 7) is -0.210. The Labute approximate surface area is 131 Å². The van der Waals surface area contributed by atoms with E-state index in [0.717, 1.165) is 42.6 Å². The standard InChI is InChI=1S/C13H17F3N4O.ClH/c14-13(15,16)9-2-5-20(19-9)7-11(21)18-10-6-8(17)12(10)3-1-4-12;/h2,5,8,10H,1,3-4,6-7,17H2,(H,18,21);1H. The Kier molecular flexibility index (Phi) is 4.45. The molecule has 0 bridgehead atoms. The molecule has 0 radical (unpaired) electrons. The average Bonchev–Trinajstić information content (AvgIpc) is 2.73. The zero-order valence-corrected chi connectivity index (χ0v) is 12.6. The van der Waals surface area contributed by atoms with E-state index in [9.17, 15) is 18.0 Å². The largest absolute Gasteiger partial charge is 0.435 e. The van der Waals surface area contributed by atoms with Gasteiger partial charge in [0.15, 0.2) is 5.69 Å². The molecule has 22 heavy (non-hydrogen) atoms. The van der Waals surface area contributed by atoms with Gasteiger partial charge in [0.25, 0.3) is 0 Å². The summed E-state index contributed by atoms with van der Waals surface area (Å²) >= 11 is 0. The first-order valence-electron chi connectivity index (χ1n) is 6.97. The van der Waals surface area contributed by atoms with Crippen LogP contribution < -0.4 is 11.1 Å². The number of amides is 1. The number of rotatable bonds is 3. The second-order valence-corrected chi connectivity index (χ2v) is 5.95. The van der Waals surface area contributed by atoms with Gasteiger partial charge in [-0.2, -0.15) is 18.3 Å².